The van der Waals surface area contributed by atoms with Crippen LogP contribution in [0.2, 0.25) is 0 Å². The van der Waals surface area contributed by atoms with E-state index in [-0.39, 0.29) is 11.7 Å². The van der Waals surface area contributed by atoms with Gasteiger partial charge in [0.05, 0.1) is 6.61 Å². The summed E-state index contributed by atoms with van der Waals surface area (Å²) in [6.45, 7) is 5.97. The van der Waals surface area contributed by atoms with E-state index in [1.165, 1.54) is 10.9 Å². The normalized spacial score (nSPS) is 10.7. The second kappa shape index (κ2) is 5.64. The molecule has 2 aromatic rings. The number of aromatic nitrogens is 4. The Morgan fingerprint density at radius 3 is 2.74 bits per heavy atom. The van der Waals surface area contributed by atoms with E-state index in [1.54, 1.807) is 6.92 Å². The van der Waals surface area contributed by atoms with Crippen molar-refractivity contribution in [3.8, 4) is 6.01 Å². The van der Waals surface area contributed by atoms with E-state index in [4.69, 9.17) is 9.15 Å². The van der Waals surface area contributed by atoms with Gasteiger partial charge >= 0.3 is 12.0 Å². The van der Waals surface area contributed by atoms with Gasteiger partial charge in [0.1, 0.15) is 12.1 Å². The Balaban J connectivity index is 2.32. The van der Waals surface area contributed by atoms with E-state index in [0.29, 0.717) is 18.9 Å². The minimum atomic E-state index is -0.508. The molecule has 0 saturated carbocycles. The molecular formula is C12H16N4O3. The molecule has 7 nitrogen and oxygen atoms in total. The van der Waals surface area contributed by atoms with Crippen molar-refractivity contribution in [1.82, 2.24) is 19.7 Å². The van der Waals surface area contributed by atoms with Crippen molar-refractivity contribution < 1.29 is 13.9 Å². The molecule has 0 aliphatic rings. The minimum Gasteiger partial charge on any atom is -0.461 e. The van der Waals surface area contributed by atoms with Gasteiger partial charge in [-0.3, -0.25) is 0 Å². The Labute approximate surface area is 110 Å². The molecule has 0 fully saturated rings. The molecule has 2 rings (SSSR count). The summed E-state index contributed by atoms with van der Waals surface area (Å²) >= 11 is 0. The number of rotatable bonds is 5. The highest BCUT2D eigenvalue weighted by Crippen LogP contribution is 2.12. The maximum absolute atomic E-state index is 11.5. The van der Waals surface area contributed by atoms with Gasteiger partial charge in [-0.2, -0.15) is 9.67 Å². The third-order valence-electron chi connectivity index (χ3n) is 2.51. The van der Waals surface area contributed by atoms with Crippen LogP contribution in [0.1, 0.15) is 42.9 Å². The van der Waals surface area contributed by atoms with Crippen LogP contribution in [0, 0.1) is 0 Å². The summed E-state index contributed by atoms with van der Waals surface area (Å²) in [6.07, 6.45) is 2.69. The van der Waals surface area contributed by atoms with E-state index in [2.05, 4.69) is 15.1 Å². The first-order valence-electron chi connectivity index (χ1n) is 6.27. The van der Waals surface area contributed by atoms with Gasteiger partial charge < -0.3 is 9.15 Å². The van der Waals surface area contributed by atoms with Gasteiger partial charge in [0.15, 0.2) is 11.5 Å². The van der Waals surface area contributed by atoms with E-state index in [9.17, 15) is 4.79 Å². The van der Waals surface area contributed by atoms with Crippen LogP contribution in [-0.4, -0.2) is 32.3 Å². The molecule has 102 valence electrons. The molecule has 0 atom stereocenters. The van der Waals surface area contributed by atoms with Crippen LogP contribution in [0.3, 0.4) is 0 Å². The number of carbonyl (C=O) groups excluding carboxylic acids is 1. The number of oxazole rings is 1. The second-order valence-electron chi connectivity index (χ2n) is 3.80. The Hall–Kier alpha value is -2.18. The first kappa shape index (κ1) is 13.3. The molecule has 0 spiro atoms. The summed E-state index contributed by atoms with van der Waals surface area (Å²) in [4.78, 5) is 19.9. The molecule has 0 N–H and O–H groups in total. The van der Waals surface area contributed by atoms with Crippen molar-refractivity contribution in [3.05, 3.63) is 23.6 Å². The summed E-state index contributed by atoms with van der Waals surface area (Å²) in [6, 6.07) is 0.229. The molecule has 0 aliphatic carbocycles. The minimum absolute atomic E-state index is 0.132. The lowest BCUT2D eigenvalue weighted by atomic mass is 10.4. The summed E-state index contributed by atoms with van der Waals surface area (Å²) in [5, 5.41) is 4.29. The monoisotopic (exact) mass is 264 g/mol. The lowest BCUT2D eigenvalue weighted by molar-refractivity contribution is 0.0519. The van der Waals surface area contributed by atoms with Gasteiger partial charge in [-0.1, -0.05) is 13.8 Å². The van der Waals surface area contributed by atoms with E-state index < -0.39 is 5.97 Å². The highest BCUT2D eigenvalue weighted by molar-refractivity contribution is 5.86. The van der Waals surface area contributed by atoms with Gasteiger partial charge in [-0.15, -0.1) is 5.10 Å². The average molecular weight is 264 g/mol. The highest BCUT2D eigenvalue weighted by atomic mass is 16.5. The fourth-order valence-electron chi connectivity index (χ4n) is 1.58. The third kappa shape index (κ3) is 2.64. The van der Waals surface area contributed by atoms with Crippen molar-refractivity contribution in [2.75, 3.05) is 6.61 Å². The maximum atomic E-state index is 11.5. The van der Waals surface area contributed by atoms with E-state index >= 15 is 0 Å². The first-order valence-corrected chi connectivity index (χ1v) is 6.27. The predicted octanol–water partition coefficient (Wildman–Crippen LogP) is 1.56. The lowest BCUT2D eigenvalue weighted by Crippen LogP contribution is -2.07. The number of hydrogen-bond donors (Lipinski definition) is 0. The van der Waals surface area contributed by atoms with Crippen LogP contribution in [-0.2, 0) is 17.6 Å². The zero-order valence-electron chi connectivity index (χ0n) is 11.2. The van der Waals surface area contributed by atoms with Crippen LogP contribution in [0.5, 0.6) is 0 Å². The zero-order chi connectivity index (χ0) is 13.8. The predicted molar refractivity (Wildman–Crippen MR) is 66.1 cm³/mol. The highest BCUT2D eigenvalue weighted by Gasteiger charge is 2.17. The van der Waals surface area contributed by atoms with Gasteiger partial charge in [-0.05, 0) is 6.92 Å². The standard InChI is InChI=1S/C12H16N4O3/c1-4-9-14-10(5-2)16(15-9)12-13-8(7-19-12)11(17)18-6-3/h7H,4-6H2,1-3H3. The molecule has 0 saturated heterocycles. The molecule has 0 aromatic carbocycles. The molecular weight excluding hydrogens is 248 g/mol. The summed E-state index contributed by atoms with van der Waals surface area (Å²) < 4.78 is 11.6. The number of aryl methyl sites for hydroxylation is 2. The Morgan fingerprint density at radius 2 is 2.11 bits per heavy atom. The topological polar surface area (TPSA) is 83.0 Å². The Morgan fingerprint density at radius 1 is 1.32 bits per heavy atom. The molecule has 0 unspecified atom stereocenters. The van der Waals surface area contributed by atoms with Crippen molar-refractivity contribution >= 4 is 5.97 Å². The molecule has 19 heavy (non-hydrogen) atoms. The number of nitrogens with zero attached hydrogens (tertiary/aromatic N) is 4. The second-order valence-corrected chi connectivity index (χ2v) is 3.80. The van der Waals surface area contributed by atoms with Crippen molar-refractivity contribution in [3.63, 3.8) is 0 Å². The van der Waals surface area contributed by atoms with Gasteiger partial charge in [0.25, 0.3) is 0 Å². The van der Waals surface area contributed by atoms with Crippen molar-refractivity contribution in [2.24, 2.45) is 0 Å². The summed E-state index contributed by atoms with van der Waals surface area (Å²) in [7, 11) is 0. The maximum Gasteiger partial charge on any atom is 0.360 e. The Kier molecular flexibility index (Phi) is 3.94. The van der Waals surface area contributed by atoms with Crippen LogP contribution >= 0.6 is 0 Å². The number of ether oxygens (including phenoxy) is 1. The number of esters is 1. The van der Waals surface area contributed by atoms with Crippen LogP contribution < -0.4 is 0 Å². The largest absolute Gasteiger partial charge is 0.461 e. The number of hydrogen-bond acceptors (Lipinski definition) is 6. The molecule has 0 aliphatic heterocycles. The van der Waals surface area contributed by atoms with Crippen LogP contribution in [0.25, 0.3) is 6.01 Å². The first-order chi connectivity index (χ1) is 9.19. The quantitative estimate of drug-likeness (QED) is 0.762. The summed E-state index contributed by atoms with van der Waals surface area (Å²) in [5.41, 5.74) is 0.132. The summed E-state index contributed by atoms with van der Waals surface area (Å²) in [5.74, 6) is 0.952. The van der Waals surface area contributed by atoms with Crippen LogP contribution in [0.15, 0.2) is 10.7 Å². The van der Waals surface area contributed by atoms with Crippen molar-refractivity contribution in [1.29, 1.82) is 0 Å². The van der Waals surface area contributed by atoms with Gasteiger partial charge in [-0.25, -0.2) is 9.78 Å². The van der Waals surface area contributed by atoms with Gasteiger partial charge in [0, 0.05) is 12.8 Å². The van der Waals surface area contributed by atoms with E-state index in [1.807, 2.05) is 13.8 Å². The molecule has 7 heteroatoms. The molecule has 2 aromatic heterocycles. The van der Waals surface area contributed by atoms with Gasteiger partial charge in [0.2, 0.25) is 0 Å². The molecule has 2 heterocycles. The molecule has 0 radical (unpaired) electrons. The fourth-order valence-corrected chi connectivity index (χ4v) is 1.58. The van der Waals surface area contributed by atoms with Crippen molar-refractivity contribution in [2.45, 2.75) is 33.6 Å². The Bertz CT molecular complexity index is 573. The SMILES string of the molecule is CCOC(=O)c1coc(-n2nc(CC)nc2CC)n1. The third-order valence-corrected chi connectivity index (χ3v) is 2.51. The zero-order valence-corrected chi connectivity index (χ0v) is 11.2. The average Bonchev–Trinajstić information content (AvgIpc) is 3.05. The fraction of sp³-hybridized carbons (Fsp3) is 0.500. The van der Waals surface area contributed by atoms with E-state index in [0.717, 1.165) is 12.2 Å². The number of carbonyl (C=O) groups is 1. The smallest absolute Gasteiger partial charge is 0.360 e. The molecule has 0 bridgehead atoms. The van der Waals surface area contributed by atoms with Crippen LogP contribution in [0.4, 0.5) is 0 Å². The molecule has 0 amide bonds. The lowest BCUT2D eigenvalue weighted by Gasteiger charge is -1.97.